The number of rotatable bonds is 1. The maximum atomic E-state index is 11.2. The van der Waals surface area contributed by atoms with Crippen molar-refractivity contribution < 1.29 is 44.0 Å². The van der Waals surface area contributed by atoms with Crippen LogP contribution in [0.2, 0.25) is 5.02 Å². The van der Waals surface area contributed by atoms with Gasteiger partial charge in [-0.3, -0.25) is 10.1 Å². The van der Waals surface area contributed by atoms with Crippen molar-refractivity contribution in [3.05, 3.63) is 43.8 Å². The monoisotopic (exact) mass is 264 g/mol. The third-order valence-corrected chi connectivity index (χ3v) is 2.24. The van der Waals surface area contributed by atoms with Crippen molar-refractivity contribution in [2.75, 3.05) is 0 Å². The van der Waals surface area contributed by atoms with E-state index in [1.165, 1.54) is 18.2 Å². The molecule has 8 heteroatoms. The van der Waals surface area contributed by atoms with E-state index in [2.05, 4.69) is 4.42 Å². The van der Waals surface area contributed by atoms with Gasteiger partial charge in [-0.2, -0.15) is 0 Å². The number of nitrogens with zero attached hydrogens (tertiary/aromatic N) is 1. The van der Waals surface area contributed by atoms with Gasteiger partial charge >= 0.3 is 40.9 Å². The van der Waals surface area contributed by atoms with E-state index >= 15 is 0 Å². The quantitative estimate of drug-likeness (QED) is 0.311. The Morgan fingerprint density at radius 3 is 2.65 bits per heavy atom. The molecule has 0 bridgehead atoms. The molecule has 0 radical (unpaired) electrons. The second-order valence-electron chi connectivity index (χ2n) is 2.98. The third-order valence-electron chi connectivity index (χ3n) is 2.00. The molecule has 0 saturated carbocycles. The molecular formula is C9H4ClNNaO5+. The zero-order valence-electron chi connectivity index (χ0n) is 8.64. The van der Waals surface area contributed by atoms with Crippen LogP contribution in [-0.4, -0.2) is 10.0 Å². The Morgan fingerprint density at radius 1 is 1.41 bits per heavy atom. The van der Waals surface area contributed by atoms with E-state index in [1.807, 2.05) is 0 Å². The molecule has 2 rings (SSSR count). The van der Waals surface area contributed by atoms with E-state index in [9.17, 15) is 20.0 Å². The summed E-state index contributed by atoms with van der Waals surface area (Å²) < 4.78 is 4.67. The maximum absolute atomic E-state index is 11.2. The molecular weight excluding hydrogens is 261 g/mol. The van der Waals surface area contributed by atoms with Crippen LogP contribution < -0.4 is 35.2 Å². The Kier molecular flexibility index (Phi) is 4.16. The van der Waals surface area contributed by atoms with Gasteiger partial charge in [-0.1, -0.05) is 11.6 Å². The average Bonchev–Trinajstić information content (AvgIpc) is 2.15. The number of fused-ring (bicyclic) bond motifs is 1. The number of hydrogen-bond donors (Lipinski definition) is 1. The van der Waals surface area contributed by atoms with Crippen LogP contribution in [0.1, 0.15) is 0 Å². The smallest absolute Gasteiger partial charge is 0.501 e. The average molecular weight is 265 g/mol. The molecule has 0 aliphatic heterocycles. The van der Waals surface area contributed by atoms with E-state index in [0.29, 0.717) is 5.02 Å². The van der Waals surface area contributed by atoms with Crippen LogP contribution in [0.3, 0.4) is 0 Å². The van der Waals surface area contributed by atoms with Crippen LogP contribution >= 0.6 is 11.6 Å². The van der Waals surface area contributed by atoms with E-state index in [-0.39, 0.29) is 40.5 Å². The summed E-state index contributed by atoms with van der Waals surface area (Å²) in [6.45, 7) is 0. The zero-order chi connectivity index (χ0) is 11.9. The van der Waals surface area contributed by atoms with Crippen molar-refractivity contribution in [3.8, 4) is 5.75 Å². The fourth-order valence-electron chi connectivity index (χ4n) is 1.31. The SMILES string of the molecule is O=c1oc2cc(Cl)ccc2c(O)c1[N+](=O)[O-].[Na+]. The Labute approximate surface area is 121 Å². The summed E-state index contributed by atoms with van der Waals surface area (Å²) in [5, 5.41) is 20.4. The van der Waals surface area contributed by atoms with Gasteiger partial charge < -0.3 is 9.52 Å². The number of benzene rings is 1. The molecule has 17 heavy (non-hydrogen) atoms. The van der Waals surface area contributed by atoms with Crippen LogP contribution in [0.15, 0.2) is 27.4 Å². The molecule has 0 atom stereocenters. The van der Waals surface area contributed by atoms with Gasteiger partial charge in [0.2, 0.25) is 5.75 Å². The van der Waals surface area contributed by atoms with Gasteiger partial charge in [-0.05, 0) is 12.1 Å². The van der Waals surface area contributed by atoms with Crippen molar-refractivity contribution in [1.82, 2.24) is 0 Å². The minimum atomic E-state index is -1.21. The van der Waals surface area contributed by atoms with Crippen LogP contribution in [0.5, 0.6) is 5.75 Å². The van der Waals surface area contributed by atoms with Crippen molar-refractivity contribution in [1.29, 1.82) is 0 Å². The standard InChI is InChI=1S/C9H4ClNO5.Na/c10-4-1-2-5-6(3-4)16-9(13)7(8(5)12)11(14)15;/h1-3,12H;/q;+1. The van der Waals surface area contributed by atoms with Gasteiger partial charge in [-0.15, -0.1) is 0 Å². The molecule has 0 spiro atoms. The number of hydrogen-bond acceptors (Lipinski definition) is 5. The summed E-state index contributed by atoms with van der Waals surface area (Å²) in [5.41, 5.74) is -2.19. The van der Waals surface area contributed by atoms with Gasteiger partial charge in [-0.25, -0.2) is 4.79 Å². The minimum absolute atomic E-state index is 0. The normalized spacial score (nSPS) is 9.94. The molecule has 0 amide bonds. The summed E-state index contributed by atoms with van der Waals surface area (Å²) in [6, 6.07) is 4.05. The zero-order valence-corrected chi connectivity index (χ0v) is 11.4. The van der Waals surface area contributed by atoms with Gasteiger partial charge in [0.15, 0.2) is 0 Å². The molecule has 1 aromatic carbocycles. The fraction of sp³-hybridized carbons (Fsp3) is 0. The van der Waals surface area contributed by atoms with E-state index < -0.39 is 22.0 Å². The second-order valence-corrected chi connectivity index (χ2v) is 3.42. The third kappa shape index (κ3) is 2.44. The first-order valence-electron chi connectivity index (χ1n) is 4.10. The maximum Gasteiger partial charge on any atom is 1.00 e. The number of aromatic hydroxyl groups is 1. The molecule has 0 saturated heterocycles. The molecule has 0 aliphatic carbocycles. The number of halogens is 1. The summed E-state index contributed by atoms with van der Waals surface area (Å²) >= 11 is 5.65. The van der Waals surface area contributed by atoms with Gasteiger partial charge in [0.05, 0.1) is 10.3 Å². The Bertz CT molecular complexity index is 654. The van der Waals surface area contributed by atoms with Crippen LogP contribution in [0.25, 0.3) is 11.0 Å². The fourth-order valence-corrected chi connectivity index (χ4v) is 1.47. The van der Waals surface area contributed by atoms with Crippen molar-refractivity contribution in [2.24, 2.45) is 0 Å². The first-order valence-corrected chi connectivity index (χ1v) is 4.48. The summed E-state index contributed by atoms with van der Waals surface area (Å²) in [4.78, 5) is 20.7. The molecule has 6 nitrogen and oxygen atoms in total. The van der Waals surface area contributed by atoms with Crippen molar-refractivity contribution >= 4 is 28.3 Å². The Morgan fingerprint density at radius 2 is 2.06 bits per heavy atom. The molecule has 2 aromatic rings. The molecule has 0 aliphatic rings. The molecule has 82 valence electrons. The Balaban J connectivity index is 0.00000144. The summed E-state index contributed by atoms with van der Waals surface area (Å²) in [6.07, 6.45) is 0. The Hall–Kier alpha value is -1.08. The van der Waals surface area contributed by atoms with E-state index in [4.69, 9.17) is 11.6 Å². The van der Waals surface area contributed by atoms with Crippen molar-refractivity contribution in [2.45, 2.75) is 0 Å². The molecule has 0 fully saturated rings. The van der Waals surface area contributed by atoms with Crippen molar-refractivity contribution in [3.63, 3.8) is 0 Å². The minimum Gasteiger partial charge on any atom is -0.501 e. The first-order chi connectivity index (χ1) is 7.50. The largest absolute Gasteiger partial charge is 1.00 e. The summed E-state index contributed by atoms with van der Waals surface area (Å²) in [5.74, 6) is -0.715. The van der Waals surface area contributed by atoms with E-state index in [0.717, 1.165) is 0 Å². The molecule has 1 N–H and O–H groups in total. The van der Waals surface area contributed by atoms with Gasteiger partial charge in [0.1, 0.15) is 5.58 Å². The predicted molar refractivity (Wildman–Crippen MR) is 55.8 cm³/mol. The topological polar surface area (TPSA) is 93.6 Å². The summed E-state index contributed by atoms with van der Waals surface area (Å²) in [7, 11) is 0. The van der Waals surface area contributed by atoms with Crippen LogP contribution in [0, 0.1) is 10.1 Å². The van der Waals surface area contributed by atoms with Gasteiger partial charge in [0.25, 0.3) is 0 Å². The van der Waals surface area contributed by atoms with E-state index in [1.54, 1.807) is 0 Å². The first kappa shape index (κ1) is 14.0. The van der Waals surface area contributed by atoms with Crippen LogP contribution in [-0.2, 0) is 0 Å². The van der Waals surface area contributed by atoms with Gasteiger partial charge in [0, 0.05) is 11.1 Å². The molecule has 1 heterocycles. The second kappa shape index (κ2) is 5.05. The predicted octanol–water partition coefficient (Wildman–Crippen LogP) is -0.936. The molecule has 1 aromatic heterocycles. The number of nitro groups is 1. The van der Waals surface area contributed by atoms with Crippen LogP contribution in [0.4, 0.5) is 5.69 Å². The molecule has 0 unspecified atom stereocenters.